The first-order valence-electron chi connectivity index (χ1n) is 11.8. The third-order valence-electron chi connectivity index (χ3n) is 5.95. The number of benzene rings is 1. The molecule has 0 aliphatic rings. The predicted octanol–water partition coefficient (Wildman–Crippen LogP) is 4.88. The number of thiophene rings is 1. The van der Waals surface area contributed by atoms with Gasteiger partial charge in [-0.3, -0.25) is 9.20 Å². The first-order chi connectivity index (χ1) is 17.2. The molecule has 2 N–H and O–H groups in total. The molecular weight excluding hydrogens is 494 g/mol. The molecule has 0 fully saturated rings. The third kappa shape index (κ3) is 6.25. The molecule has 4 aromatic rings. The summed E-state index contributed by atoms with van der Waals surface area (Å²) in [4.78, 5) is 22.6. The van der Waals surface area contributed by atoms with Crippen LogP contribution >= 0.6 is 22.9 Å². The van der Waals surface area contributed by atoms with Crippen molar-refractivity contribution >= 4 is 34.5 Å². The van der Waals surface area contributed by atoms with Gasteiger partial charge in [-0.15, -0.1) is 11.3 Å². The van der Waals surface area contributed by atoms with Crippen LogP contribution in [-0.4, -0.2) is 59.3 Å². The Labute approximate surface area is 221 Å². The van der Waals surface area contributed by atoms with Gasteiger partial charge in [0.25, 0.3) is 0 Å². The van der Waals surface area contributed by atoms with Gasteiger partial charge in [0.2, 0.25) is 5.91 Å². The van der Waals surface area contributed by atoms with E-state index in [4.69, 9.17) is 22.1 Å². The van der Waals surface area contributed by atoms with Gasteiger partial charge in [0, 0.05) is 42.5 Å². The van der Waals surface area contributed by atoms with Crippen LogP contribution in [0, 0.1) is 0 Å². The number of imidazole rings is 1. The van der Waals surface area contributed by atoms with Crippen LogP contribution < -0.4 is 10.5 Å². The number of likely N-dealkylation sites (N-methyl/N-ethyl adjacent to an activating group) is 2. The smallest absolute Gasteiger partial charge is 0.222 e. The number of aromatic nitrogens is 2. The van der Waals surface area contributed by atoms with E-state index in [0.29, 0.717) is 10.8 Å². The zero-order chi connectivity index (χ0) is 25.8. The van der Waals surface area contributed by atoms with Gasteiger partial charge in [0.15, 0.2) is 0 Å². The number of hydrogen-bond donors (Lipinski definition) is 1. The number of fused-ring (bicyclic) bond motifs is 1. The Morgan fingerprint density at radius 2 is 1.97 bits per heavy atom. The van der Waals surface area contributed by atoms with Crippen LogP contribution in [0.3, 0.4) is 0 Å². The van der Waals surface area contributed by atoms with Crippen LogP contribution in [0.1, 0.15) is 29.0 Å². The molecule has 0 aliphatic heterocycles. The maximum Gasteiger partial charge on any atom is 0.222 e. The minimum absolute atomic E-state index is 0.105. The number of amides is 1. The Hall–Kier alpha value is -2.91. The van der Waals surface area contributed by atoms with Gasteiger partial charge < -0.3 is 20.3 Å². The Kier molecular flexibility index (Phi) is 8.31. The quantitative estimate of drug-likeness (QED) is 0.302. The van der Waals surface area contributed by atoms with Crippen molar-refractivity contribution in [2.45, 2.75) is 26.0 Å². The summed E-state index contributed by atoms with van der Waals surface area (Å²) >= 11 is 7.88. The molecule has 0 saturated heterocycles. The molecule has 1 aromatic carbocycles. The van der Waals surface area contributed by atoms with E-state index in [9.17, 15) is 4.79 Å². The van der Waals surface area contributed by atoms with Crippen LogP contribution in [0.15, 0.2) is 54.9 Å². The number of halogens is 1. The molecule has 0 aliphatic carbocycles. The highest BCUT2D eigenvalue weighted by Gasteiger charge is 2.20. The number of pyridine rings is 1. The van der Waals surface area contributed by atoms with Crippen molar-refractivity contribution in [2.75, 3.05) is 34.2 Å². The second-order valence-corrected chi connectivity index (χ2v) is 10.8. The van der Waals surface area contributed by atoms with E-state index in [0.717, 1.165) is 46.3 Å². The molecule has 36 heavy (non-hydrogen) atoms. The molecule has 0 unspecified atom stereocenters. The average Bonchev–Trinajstić information content (AvgIpc) is 3.41. The van der Waals surface area contributed by atoms with E-state index in [2.05, 4.69) is 52.6 Å². The molecule has 4 rings (SSSR count). The summed E-state index contributed by atoms with van der Waals surface area (Å²) in [5.74, 6) is 0.232. The van der Waals surface area contributed by atoms with Crippen molar-refractivity contribution in [1.29, 1.82) is 0 Å². The second-order valence-electron chi connectivity index (χ2n) is 9.27. The Morgan fingerprint density at radius 3 is 2.69 bits per heavy atom. The minimum Gasteiger partial charge on any atom is -0.485 e. The van der Waals surface area contributed by atoms with E-state index < -0.39 is 5.91 Å². The third-order valence-corrected chi connectivity index (χ3v) is 7.44. The number of carbonyl (C=O) groups is 1. The lowest BCUT2D eigenvalue weighted by molar-refractivity contribution is -0.117. The number of nitrogens with two attached hydrogens (primary N) is 1. The van der Waals surface area contributed by atoms with Gasteiger partial charge in [-0.05, 0) is 45.8 Å². The van der Waals surface area contributed by atoms with E-state index in [1.165, 1.54) is 16.9 Å². The fourth-order valence-electron chi connectivity index (χ4n) is 4.04. The van der Waals surface area contributed by atoms with Gasteiger partial charge in [0.05, 0.1) is 28.1 Å². The fourth-order valence-corrected chi connectivity index (χ4v) is 5.44. The summed E-state index contributed by atoms with van der Waals surface area (Å²) in [6.07, 6.45) is 3.80. The van der Waals surface area contributed by atoms with Crippen molar-refractivity contribution in [2.24, 2.45) is 5.73 Å². The summed E-state index contributed by atoms with van der Waals surface area (Å²) in [5.41, 5.74) is 9.44. The lowest BCUT2D eigenvalue weighted by atomic mass is 10.1. The van der Waals surface area contributed by atoms with Crippen LogP contribution in [0.2, 0.25) is 5.02 Å². The topological polar surface area (TPSA) is 76.1 Å². The molecule has 1 atom stereocenters. The summed E-state index contributed by atoms with van der Waals surface area (Å²) in [7, 11) is 6.29. The molecule has 0 radical (unpaired) electrons. The highest BCUT2D eigenvalue weighted by molar-refractivity contribution is 7.15. The number of ether oxygens (including phenoxy) is 1. The summed E-state index contributed by atoms with van der Waals surface area (Å²) < 4.78 is 8.40. The van der Waals surface area contributed by atoms with Crippen LogP contribution in [0.4, 0.5) is 0 Å². The molecule has 190 valence electrons. The van der Waals surface area contributed by atoms with Crippen molar-refractivity contribution in [1.82, 2.24) is 19.2 Å². The molecule has 1 amide bonds. The molecule has 7 nitrogen and oxygen atoms in total. The second kappa shape index (κ2) is 11.4. The minimum atomic E-state index is -0.403. The number of carbonyl (C=O) groups excluding carboxylic acids is 1. The zero-order valence-corrected chi connectivity index (χ0v) is 22.6. The van der Waals surface area contributed by atoms with Crippen LogP contribution in [0.5, 0.6) is 5.75 Å². The van der Waals surface area contributed by atoms with E-state index in [-0.39, 0.29) is 12.5 Å². The number of primary amides is 1. The Morgan fingerprint density at radius 1 is 1.19 bits per heavy atom. The maximum atomic E-state index is 11.8. The zero-order valence-electron chi connectivity index (χ0n) is 21.1. The number of rotatable bonds is 11. The van der Waals surface area contributed by atoms with E-state index in [1.807, 2.05) is 49.5 Å². The van der Waals surface area contributed by atoms with Gasteiger partial charge in [-0.1, -0.05) is 35.9 Å². The van der Waals surface area contributed by atoms with Gasteiger partial charge in [-0.2, -0.15) is 0 Å². The number of nitrogens with zero attached hydrogens (tertiary/aromatic N) is 4. The Balaban J connectivity index is 1.63. The normalized spacial score (nSPS) is 12.5. The summed E-state index contributed by atoms with van der Waals surface area (Å²) in [6, 6.07) is 13.7. The standard InChI is InChI=1S/C27H32ClN5O2S/c1-18(20-7-5-6-8-21(20)28)35-23-13-24(36-25(23)14-26(29)34)22-15-30-27-10-9-19(17-33(22)27)16-32(4)12-11-31(2)3/h5-10,13,15,17-18H,11-12,14,16H2,1-4H3,(H2,29,34)/t18-/m1/s1. The highest BCUT2D eigenvalue weighted by atomic mass is 35.5. The first kappa shape index (κ1) is 26.2. The first-order valence-corrected chi connectivity index (χ1v) is 13.0. The SMILES string of the molecule is C[C@@H](Oc1cc(-c2cnc3ccc(CN(C)CCN(C)C)cn23)sc1CC(N)=O)c1ccccc1Cl. The average molecular weight is 526 g/mol. The predicted molar refractivity (Wildman–Crippen MR) is 147 cm³/mol. The number of hydrogen-bond acceptors (Lipinski definition) is 6. The van der Waals surface area contributed by atoms with Crippen LogP contribution in [-0.2, 0) is 17.8 Å². The molecule has 0 saturated carbocycles. The van der Waals surface area contributed by atoms with E-state index >= 15 is 0 Å². The summed E-state index contributed by atoms with van der Waals surface area (Å²) in [6.45, 7) is 4.76. The molecular formula is C27H32ClN5O2S. The Bertz CT molecular complexity index is 1350. The van der Waals surface area contributed by atoms with E-state index in [1.54, 1.807) is 0 Å². The fraction of sp³-hybridized carbons (Fsp3) is 0.333. The van der Waals surface area contributed by atoms with Crippen molar-refractivity contribution in [3.63, 3.8) is 0 Å². The largest absolute Gasteiger partial charge is 0.485 e. The van der Waals surface area contributed by atoms with Gasteiger partial charge in [-0.25, -0.2) is 4.98 Å². The van der Waals surface area contributed by atoms with Crippen molar-refractivity contribution in [3.8, 4) is 16.3 Å². The van der Waals surface area contributed by atoms with Gasteiger partial charge >= 0.3 is 0 Å². The summed E-state index contributed by atoms with van der Waals surface area (Å²) in [5, 5.41) is 0.641. The molecule has 9 heteroatoms. The van der Waals surface area contributed by atoms with Crippen molar-refractivity contribution < 1.29 is 9.53 Å². The maximum absolute atomic E-state index is 11.8. The molecule has 0 spiro atoms. The van der Waals surface area contributed by atoms with Crippen LogP contribution in [0.25, 0.3) is 16.2 Å². The van der Waals surface area contributed by atoms with Crippen molar-refractivity contribution in [3.05, 3.63) is 75.9 Å². The molecule has 0 bridgehead atoms. The molecule has 3 heterocycles. The lowest BCUT2D eigenvalue weighted by Crippen LogP contribution is -2.28. The highest BCUT2D eigenvalue weighted by Crippen LogP contribution is 2.39. The monoisotopic (exact) mass is 525 g/mol. The van der Waals surface area contributed by atoms with Gasteiger partial charge in [0.1, 0.15) is 17.5 Å². The lowest BCUT2D eigenvalue weighted by Gasteiger charge is -2.19. The molecule has 3 aromatic heterocycles.